The molecule has 0 aliphatic heterocycles. The number of hydrogen-bond donors (Lipinski definition) is 1. The second kappa shape index (κ2) is 9.51. The summed E-state index contributed by atoms with van der Waals surface area (Å²) in [6.07, 6.45) is 7.02. The second-order valence-corrected chi connectivity index (χ2v) is 7.56. The number of nitrogens with one attached hydrogen (secondary N) is 1. The molecule has 4 nitrogen and oxygen atoms in total. The minimum atomic E-state index is -0.231. The number of imidazole rings is 1. The van der Waals surface area contributed by atoms with Gasteiger partial charge in [0.2, 0.25) is 5.91 Å². The minimum absolute atomic E-state index is 0.0580. The Balaban J connectivity index is 1.55. The molecule has 0 bridgehead atoms. The van der Waals surface area contributed by atoms with Gasteiger partial charge in [-0.2, -0.15) is 0 Å². The van der Waals surface area contributed by atoms with Crippen LogP contribution in [0.1, 0.15) is 42.3 Å². The summed E-state index contributed by atoms with van der Waals surface area (Å²) in [4.78, 5) is 17.0. The lowest BCUT2D eigenvalue weighted by Crippen LogP contribution is -2.30. The number of carbonyl (C=O) groups excluding carboxylic acids is 1. The number of unbranched alkanes of at least 4 members (excludes halogenated alkanes) is 1. The first kappa shape index (κ1) is 19.4. The molecule has 0 fully saturated rings. The Bertz CT molecular complexity index is 859. The summed E-state index contributed by atoms with van der Waals surface area (Å²) in [5.41, 5.74) is 2.34. The van der Waals surface area contributed by atoms with Crippen LogP contribution in [0.25, 0.3) is 0 Å². The fraction of sp³-hybridized carbons (Fsp3) is 0.273. The SMILES string of the molecule is Cn1ccnc1[C@@H](NC(=O)CCCCc1ccc(Br)cc1)c1ccccc1. The maximum absolute atomic E-state index is 12.5. The van der Waals surface area contributed by atoms with Crippen molar-refractivity contribution in [2.45, 2.75) is 31.7 Å². The second-order valence-electron chi connectivity index (χ2n) is 6.64. The van der Waals surface area contributed by atoms with Crippen molar-refractivity contribution < 1.29 is 4.79 Å². The van der Waals surface area contributed by atoms with Crippen molar-refractivity contribution in [3.8, 4) is 0 Å². The molecule has 0 aliphatic carbocycles. The molecule has 3 aromatic rings. The van der Waals surface area contributed by atoms with E-state index in [0.717, 1.165) is 35.1 Å². The predicted octanol–water partition coefficient (Wildman–Crippen LogP) is 4.80. The van der Waals surface area contributed by atoms with Crippen LogP contribution in [-0.2, 0) is 18.3 Å². The average molecular weight is 426 g/mol. The third-order valence-electron chi connectivity index (χ3n) is 4.59. The number of carbonyl (C=O) groups is 1. The quantitative estimate of drug-likeness (QED) is 0.526. The molecular formula is C22H24BrN3O. The Morgan fingerprint density at radius 3 is 2.52 bits per heavy atom. The van der Waals surface area contributed by atoms with Crippen molar-refractivity contribution in [1.82, 2.24) is 14.9 Å². The molecule has 1 N–H and O–H groups in total. The van der Waals surface area contributed by atoms with Crippen LogP contribution in [0.15, 0.2) is 71.5 Å². The van der Waals surface area contributed by atoms with Gasteiger partial charge >= 0.3 is 0 Å². The molecule has 140 valence electrons. The molecule has 27 heavy (non-hydrogen) atoms. The fourth-order valence-electron chi connectivity index (χ4n) is 3.10. The molecule has 0 aliphatic rings. The summed E-state index contributed by atoms with van der Waals surface area (Å²) < 4.78 is 3.04. The lowest BCUT2D eigenvalue weighted by molar-refractivity contribution is -0.121. The maximum Gasteiger partial charge on any atom is 0.220 e. The van der Waals surface area contributed by atoms with Gasteiger partial charge in [0.1, 0.15) is 11.9 Å². The van der Waals surface area contributed by atoms with Crippen molar-refractivity contribution in [3.05, 3.63) is 88.4 Å². The highest BCUT2D eigenvalue weighted by molar-refractivity contribution is 9.10. The van der Waals surface area contributed by atoms with Crippen LogP contribution >= 0.6 is 15.9 Å². The van der Waals surface area contributed by atoms with Gasteiger partial charge in [-0.3, -0.25) is 4.79 Å². The number of benzene rings is 2. The summed E-state index contributed by atoms with van der Waals surface area (Å²) >= 11 is 3.45. The summed E-state index contributed by atoms with van der Waals surface area (Å²) in [6, 6.07) is 18.1. The molecule has 0 spiro atoms. The third kappa shape index (κ3) is 5.54. The number of halogens is 1. The average Bonchev–Trinajstić information content (AvgIpc) is 3.11. The van der Waals surface area contributed by atoms with E-state index in [2.05, 4.69) is 50.5 Å². The molecule has 0 unspecified atom stereocenters. The molecule has 0 saturated carbocycles. The lowest BCUT2D eigenvalue weighted by atomic mass is 10.0. The van der Waals surface area contributed by atoms with Gasteiger partial charge in [-0.15, -0.1) is 0 Å². The highest BCUT2D eigenvalue weighted by atomic mass is 79.9. The molecule has 5 heteroatoms. The van der Waals surface area contributed by atoms with E-state index in [1.807, 2.05) is 48.1 Å². The predicted molar refractivity (Wildman–Crippen MR) is 111 cm³/mol. The summed E-state index contributed by atoms with van der Waals surface area (Å²) in [5.74, 6) is 0.895. The molecule has 1 atom stereocenters. The van der Waals surface area contributed by atoms with E-state index in [1.165, 1.54) is 5.56 Å². The van der Waals surface area contributed by atoms with E-state index >= 15 is 0 Å². The van der Waals surface area contributed by atoms with E-state index in [9.17, 15) is 4.79 Å². The molecule has 1 aromatic heterocycles. The lowest BCUT2D eigenvalue weighted by Gasteiger charge is -2.19. The topological polar surface area (TPSA) is 46.9 Å². The first-order chi connectivity index (χ1) is 13.1. The molecule has 0 radical (unpaired) electrons. The first-order valence-corrected chi connectivity index (χ1v) is 9.99. The summed E-state index contributed by atoms with van der Waals surface area (Å²) in [6.45, 7) is 0. The van der Waals surface area contributed by atoms with Crippen molar-refractivity contribution >= 4 is 21.8 Å². The zero-order chi connectivity index (χ0) is 19.1. The van der Waals surface area contributed by atoms with Gasteiger partial charge in [0.15, 0.2) is 0 Å². The highest BCUT2D eigenvalue weighted by Crippen LogP contribution is 2.20. The zero-order valence-electron chi connectivity index (χ0n) is 15.4. The summed E-state index contributed by atoms with van der Waals surface area (Å²) in [5, 5.41) is 3.15. The smallest absolute Gasteiger partial charge is 0.220 e. The molecule has 1 amide bonds. The largest absolute Gasteiger partial charge is 0.342 e. The Morgan fingerprint density at radius 2 is 1.85 bits per heavy atom. The van der Waals surface area contributed by atoms with Crippen LogP contribution < -0.4 is 5.32 Å². The number of nitrogens with zero attached hydrogens (tertiary/aromatic N) is 2. The Labute approximate surface area is 168 Å². The standard InChI is InChI=1S/C22H24BrN3O/c1-26-16-15-24-22(26)21(18-8-3-2-4-9-18)25-20(27)10-6-5-7-17-11-13-19(23)14-12-17/h2-4,8-9,11-16,21H,5-7,10H2,1H3,(H,25,27)/t21-/m0/s1. The number of aryl methyl sites for hydroxylation is 2. The summed E-state index contributed by atoms with van der Waals surface area (Å²) in [7, 11) is 1.95. The monoisotopic (exact) mass is 425 g/mol. The van der Waals surface area contributed by atoms with Gasteiger partial charge < -0.3 is 9.88 Å². The van der Waals surface area contributed by atoms with Gasteiger partial charge in [0.05, 0.1) is 0 Å². The van der Waals surface area contributed by atoms with Crippen LogP contribution in [-0.4, -0.2) is 15.5 Å². The van der Waals surface area contributed by atoms with E-state index in [-0.39, 0.29) is 11.9 Å². The van der Waals surface area contributed by atoms with Gasteiger partial charge in [-0.05, 0) is 42.5 Å². The van der Waals surface area contributed by atoms with Crippen LogP contribution in [0.4, 0.5) is 0 Å². The van der Waals surface area contributed by atoms with E-state index in [4.69, 9.17) is 0 Å². The number of rotatable bonds is 8. The van der Waals surface area contributed by atoms with Crippen molar-refractivity contribution in [1.29, 1.82) is 0 Å². The number of amides is 1. The van der Waals surface area contributed by atoms with E-state index in [1.54, 1.807) is 6.20 Å². The third-order valence-corrected chi connectivity index (χ3v) is 5.12. The molecule has 0 saturated heterocycles. The van der Waals surface area contributed by atoms with Crippen molar-refractivity contribution in [2.75, 3.05) is 0 Å². The van der Waals surface area contributed by atoms with Gasteiger partial charge in [0.25, 0.3) is 0 Å². The van der Waals surface area contributed by atoms with Crippen molar-refractivity contribution in [3.63, 3.8) is 0 Å². The van der Waals surface area contributed by atoms with Crippen LogP contribution in [0.3, 0.4) is 0 Å². The van der Waals surface area contributed by atoms with Crippen molar-refractivity contribution in [2.24, 2.45) is 7.05 Å². The maximum atomic E-state index is 12.5. The normalized spacial score (nSPS) is 11.9. The Kier molecular flexibility index (Phi) is 6.82. The van der Waals surface area contributed by atoms with E-state index in [0.29, 0.717) is 6.42 Å². The highest BCUT2D eigenvalue weighted by Gasteiger charge is 2.20. The van der Waals surface area contributed by atoms with E-state index < -0.39 is 0 Å². The van der Waals surface area contributed by atoms with Gasteiger partial charge in [-0.25, -0.2) is 4.98 Å². The first-order valence-electron chi connectivity index (χ1n) is 9.19. The number of hydrogen-bond acceptors (Lipinski definition) is 2. The van der Waals surface area contributed by atoms with Gasteiger partial charge in [0, 0.05) is 30.3 Å². The molecule has 1 heterocycles. The Hall–Kier alpha value is -2.40. The molecule has 2 aromatic carbocycles. The van der Waals surface area contributed by atoms with Crippen LogP contribution in [0.2, 0.25) is 0 Å². The Morgan fingerprint density at radius 1 is 1.11 bits per heavy atom. The fourth-order valence-corrected chi connectivity index (χ4v) is 3.36. The van der Waals surface area contributed by atoms with Crippen LogP contribution in [0, 0.1) is 0 Å². The minimum Gasteiger partial charge on any atom is -0.342 e. The number of aromatic nitrogens is 2. The van der Waals surface area contributed by atoms with Crippen LogP contribution in [0.5, 0.6) is 0 Å². The molecular weight excluding hydrogens is 402 g/mol. The molecule has 3 rings (SSSR count). The van der Waals surface area contributed by atoms with Gasteiger partial charge in [-0.1, -0.05) is 58.4 Å². The zero-order valence-corrected chi connectivity index (χ0v) is 17.0.